The number of carbonyl (C=O) groups is 1. The van der Waals surface area contributed by atoms with E-state index in [2.05, 4.69) is 5.32 Å². The highest BCUT2D eigenvalue weighted by atomic mass is 32.2. The van der Waals surface area contributed by atoms with Crippen LogP contribution >= 0.6 is 0 Å². The Hall–Kier alpha value is -3.58. The number of nitrogens with one attached hydrogen (secondary N) is 1. The Balaban J connectivity index is 1.95. The van der Waals surface area contributed by atoms with Crippen LogP contribution in [0.25, 0.3) is 5.57 Å². The number of fused-ring (bicyclic) bond motifs is 1. The van der Waals surface area contributed by atoms with Crippen LogP contribution in [0.3, 0.4) is 0 Å². The lowest BCUT2D eigenvalue weighted by Crippen LogP contribution is -2.39. The highest BCUT2D eigenvalue weighted by Crippen LogP contribution is 2.42. The molecule has 0 saturated heterocycles. The lowest BCUT2D eigenvalue weighted by Gasteiger charge is -2.32. The second-order valence-corrected chi connectivity index (χ2v) is 8.74. The third kappa shape index (κ3) is 3.68. The van der Waals surface area contributed by atoms with Gasteiger partial charge in [-0.1, -0.05) is 54.6 Å². The molecule has 0 bridgehead atoms. The van der Waals surface area contributed by atoms with Crippen LogP contribution in [0.2, 0.25) is 0 Å². The van der Waals surface area contributed by atoms with Crippen LogP contribution in [0.5, 0.6) is 5.75 Å². The number of hydrogen-bond acceptors (Lipinski definition) is 4. The Morgan fingerprint density at radius 2 is 1.68 bits per heavy atom. The van der Waals surface area contributed by atoms with Crippen molar-refractivity contribution in [2.75, 3.05) is 23.3 Å². The molecule has 0 aliphatic carbocycles. The van der Waals surface area contributed by atoms with E-state index in [0.29, 0.717) is 33.8 Å². The first kappa shape index (κ1) is 20.7. The molecule has 1 amide bonds. The van der Waals surface area contributed by atoms with E-state index < -0.39 is 15.9 Å². The molecule has 0 radical (unpaired) electrons. The lowest BCUT2D eigenvalue weighted by molar-refractivity contribution is -0.112. The molecule has 7 heteroatoms. The van der Waals surface area contributed by atoms with Crippen LogP contribution < -0.4 is 14.4 Å². The van der Waals surface area contributed by atoms with Crippen molar-refractivity contribution in [2.24, 2.45) is 0 Å². The zero-order valence-electron chi connectivity index (χ0n) is 17.2. The lowest BCUT2D eigenvalue weighted by atomic mass is 9.95. The first-order valence-corrected chi connectivity index (χ1v) is 11.3. The fraction of sp³-hybridized carbons (Fsp3) is 0.125. The van der Waals surface area contributed by atoms with Crippen LogP contribution in [-0.4, -0.2) is 28.0 Å². The molecule has 0 atom stereocenters. The summed E-state index contributed by atoms with van der Waals surface area (Å²) in [5.41, 5.74) is 2.75. The molecule has 0 aromatic heterocycles. The van der Waals surface area contributed by atoms with Crippen molar-refractivity contribution >= 4 is 32.9 Å². The number of para-hydroxylation sites is 1. The fourth-order valence-corrected chi connectivity index (χ4v) is 5.49. The van der Waals surface area contributed by atoms with Gasteiger partial charge in [-0.05, 0) is 30.7 Å². The van der Waals surface area contributed by atoms with E-state index >= 15 is 0 Å². The van der Waals surface area contributed by atoms with E-state index in [9.17, 15) is 13.2 Å². The van der Waals surface area contributed by atoms with Gasteiger partial charge in [0.15, 0.2) is 4.91 Å². The molecule has 31 heavy (non-hydrogen) atoms. The Morgan fingerprint density at radius 3 is 2.39 bits per heavy atom. The van der Waals surface area contributed by atoms with Gasteiger partial charge in [-0.25, -0.2) is 8.42 Å². The van der Waals surface area contributed by atoms with Crippen molar-refractivity contribution in [3.8, 4) is 5.75 Å². The molecular formula is C24H22N2O4S. The zero-order valence-corrected chi connectivity index (χ0v) is 18.0. The molecule has 0 spiro atoms. The SMILES string of the molecule is CCN1c2ccccc2C(c2ccccc2)=C(C(=O)Nc2cccc(OC)c2)S1(=O)=O. The quantitative estimate of drug-likeness (QED) is 0.651. The molecule has 0 fully saturated rings. The van der Waals surface area contributed by atoms with E-state index in [-0.39, 0.29) is 11.4 Å². The second kappa shape index (κ2) is 8.28. The van der Waals surface area contributed by atoms with Gasteiger partial charge >= 0.3 is 0 Å². The number of nitrogens with zero attached hydrogens (tertiary/aromatic N) is 1. The standard InChI is InChI=1S/C24H22N2O4S/c1-3-26-21-15-8-7-14-20(21)22(17-10-5-4-6-11-17)23(31(26,28)29)24(27)25-18-12-9-13-19(16-18)30-2/h4-16H,3H2,1-2H3,(H,25,27). The van der Waals surface area contributed by atoms with E-state index in [1.807, 2.05) is 42.5 Å². The Kier molecular flexibility index (Phi) is 5.52. The minimum Gasteiger partial charge on any atom is -0.497 e. The van der Waals surface area contributed by atoms with Crippen LogP contribution in [0.15, 0.2) is 83.8 Å². The second-order valence-electron chi connectivity index (χ2n) is 6.94. The van der Waals surface area contributed by atoms with E-state index in [1.165, 1.54) is 11.4 Å². The third-order valence-electron chi connectivity index (χ3n) is 5.10. The summed E-state index contributed by atoms with van der Waals surface area (Å²) in [5, 5.41) is 2.73. The number of hydrogen-bond donors (Lipinski definition) is 1. The van der Waals surface area contributed by atoms with E-state index in [1.54, 1.807) is 43.3 Å². The predicted molar refractivity (Wildman–Crippen MR) is 122 cm³/mol. The van der Waals surface area contributed by atoms with Crippen LogP contribution in [0.4, 0.5) is 11.4 Å². The van der Waals surface area contributed by atoms with Gasteiger partial charge in [-0.15, -0.1) is 0 Å². The van der Waals surface area contributed by atoms with Gasteiger partial charge in [0.1, 0.15) is 5.75 Å². The van der Waals surface area contributed by atoms with Crippen LogP contribution in [0, 0.1) is 0 Å². The minimum absolute atomic E-state index is 0.206. The van der Waals surface area contributed by atoms with Gasteiger partial charge < -0.3 is 10.1 Å². The largest absolute Gasteiger partial charge is 0.497 e. The average molecular weight is 435 g/mol. The predicted octanol–water partition coefficient (Wildman–Crippen LogP) is 4.26. The van der Waals surface area contributed by atoms with Crippen LogP contribution in [-0.2, 0) is 14.8 Å². The van der Waals surface area contributed by atoms with Gasteiger partial charge in [0.2, 0.25) is 0 Å². The summed E-state index contributed by atoms with van der Waals surface area (Å²) < 4.78 is 33.7. The molecule has 1 N–H and O–H groups in total. The molecule has 6 nitrogen and oxygen atoms in total. The topological polar surface area (TPSA) is 75.7 Å². The van der Waals surface area contributed by atoms with Gasteiger partial charge in [0.05, 0.1) is 12.8 Å². The Labute approximate surface area is 181 Å². The van der Waals surface area contributed by atoms with Gasteiger partial charge in [0, 0.05) is 29.4 Å². The van der Waals surface area contributed by atoms with Crippen molar-refractivity contribution in [3.63, 3.8) is 0 Å². The number of ether oxygens (including phenoxy) is 1. The molecule has 0 saturated carbocycles. The number of anilines is 2. The number of methoxy groups -OCH3 is 1. The molecule has 0 unspecified atom stereocenters. The van der Waals surface area contributed by atoms with Crippen molar-refractivity contribution < 1.29 is 17.9 Å². The molecule has 1 aliphatic heterocycles. The first-order valence-electron chi connectivity index (χ1n) is 9.84. The maximum absolute atomic E-state index is 13.6. The Bertz CT molecular complexity index is 1270. The molecule has 158 valence electrons. The average Bonchev–Trinajstić information content (AvgIpc) is 2.78. The molecule has 1 heterocycles. The van der Waals surface area contributed by atoms with Gasteiger partial charge in [-0.3, -0.25) is 9.10 Å². The van der Waals surface area contributed by atoms with Crippen molar-refractivity contribution in [1.29, 1.82) is 0 Å². The number of rotatable bonds is 5. The molecule has 4 rings (SSSR count). The monoisotopic (exact) mass is 434 g/mol. The summed E-state index contributed by atoms with van der Waals surface area (Å²) in [6.07, 6.45) is 0. The summed E-state index contributed by atoms with van der Waals surface area (Å²) in [5.74, 6) is -0.137. The number of benzene rings is 3. The highest BCUT2D eigenvalue weighted by molar-refractivity contribution is 7.97. The third-order valence-corrected chi connectivity index (χ3v) is 7.04. The number of amides is 1. The minimum atomic E-state index is -4.09. The summed E-state index contributed by atoms with van der Waals surface area (Å²) in [4.78, 5) is 13.1. The molecular weight excluding hydrogens is 412 g/mol. The molecule has 3 aromatic carbocycles. The summed E-state index contributed by atoms with van der Waals surface area (Å²) in [6.45, 7) is 1.96. The maximum atomic E-state index is 13.6. The summed E-state index contributed by atoms with van der Waals surface area (Å²) >= 11 is 0. The highest BCUT2D eigenvalue weighted by Gasteiger charge is 2.40. The fourth-order valence-electron chi connectivity index (χ4n) is 3.74. The maximum Gasteiger partial charge on any atom is 0.270 e. The van der Waals surface area contributed by atoms with Crippen molar-refractivity contribution in [3.05, 3.63) is 94.9 Å². The smallest absolute Gasteiger partial charge is 0.270 e. The number of carbonyl (C=O) groups excluding carboxylic acids is 1. The van der Waals surface area contributed by atoms with Crippen molar-refractivity contribution in [1.82, 2.24) is 0 Å². The first-order chi connectivity index (χ1) is 15.0. The summed E-state index contributed by atoms with van der Waals surface area (Å²) in [6, 6.07) is 23.1. The normalized spacial score (nSPS) is 14.7. The van der Waals surface area contributed by atoms with E-state index in [0.717, 1.165) is 0 Å². The van der Waals surface area contributed by atoms with E-state index in [4.69, 9.17) is 4.74 Å². The summed E-state index contributed by atoms with van der Waals surface area (Å²) in [7, 11) is -2.56. The van der Waals surface area contributed by atoms with Crippen LogP contribution in [0.1, 0.15) is 18.1 Å². The van der Waals surface area contributed by atoms with Gasteiger partial charge in [-0.2, -0.15) is 0 Å². The zero-order chi connectivity index (χ0) is 22.0. The molecule has 3 aromatic rings. The Morgan fingerprint density at radius 1 is 0.968 bits per heavy atom. The molecule has 1 aliphatic rings. The van der Waals surface area contributed by atoms with Gasteiger partial charge in [0.25, 0.3) is 15.9 Å². The number of sulfonamides is 1. The van der Waals surface area contributed by atoms with Crippen molar-refractivity contribution in [2.45, 2.75) is 6.92 Å².